The molecule has 1 fully saturated rings. The first-order valence-electron chi connectivity index (χ1n) is 6.48. The van der Waals surface area contributed by atoms with Gasteiger partial charge in [0.25, 0.3) is 5.91 Å². The molecule has 0 aromatic heterocycles. The molecule has 0 saturated heterocycles. The monoisotopic (exact) mass is 227 g/mol. The zero-order valence-corrected chi connectivity index (χ0v) is 11.0. The van der Waals surface area contributed by atoms with Gasteiger partial charge in [-0.25, -0.2) is 0 Å². The lowest BCUT2D eigenvalue weighted by Gasteiger charge is -2.26. The van der Waals surface area contributed by atoms with E-state index in [4.69, 9.17) is 4.74 Å². The van der Waals surface area contributed by atoms with Crippen molar-refractivity contribution in [3.63, 3.8) is 0 Å². The van der Waals surface area contributed by atoms with E-state index < -0.39 is 0 Å². The fourth-order valence-corrected chi connectivity index (χ4v) is 1.81. The maximum atomic E-state index is 12.1. The molecule has 0 aliphatic heterocycles. The molecule has 1 atom stereocenters. The van der Waals surface area contributed by atoms with Gasteiger partial charge in [-0.3, -0.25) is 4.79 Å². The lowest BCUT2D eigenvalue weighted by molar-refractivity contribution is -0.143. The molecule has 0 radical (unpaired) electrons. The number of nitrogens with zero attached hydrogens (tertiary/aromatic N) is 1. The number of hydrogen-bond donors (Lipinski definition) is 0. The summed E-state index contributed by atoms with van der Waals surface area (Å²) < 4.78 is 5.38. The van der Waals surface area contributed by atoms with Crippen LogP contribution < -0.4 is 0 Å². The van der Waals surface area contributed by atoms with Crippen LogP contribution in [0.2, 0.25) is 0 Å². The van der Waals surface area contributed by atoms with Crippen LogP contribution in [0.4, 0.5) is 0 Å². The number of carbonyl (C=O) groups excluding carboxylic acids is 1. The van der Waals surface area contributed by atoms with Crippen LogP contribution in [0.3, 0.4) is 0 Å². The molecular formula is C13H25NO2. The van der Waals surface area contributed by atoms with E-state index >= 15 is 0 Å². The molecule has 1 rings (SSSR count). The predicted molar refractivity (Wildman–Crippen MR) is 65.3 cm³/mol. The van der Waals surface area contributed by atoms with Crippen molar-refractivity contribution in [2.45, 2.75) is 59.1 Å². The van der Waals surface area contributed by atoms with Crippen LogP contribution in [0.15, 0.2) is 0 Å². The van der Waals surface area contributed by atoms with Gasteiger partial charge in [0.1, 0.15) is 6.10 Å². The van der Waals surface area contributed by atoms with E-state index in [-0.39, 0.29) is 12.0 Å². The van der Waals surface area contributed by atoms with Gasteiger partial charge in [-0.2, -0.15) is 0 Å². The maximum absolute atomic E-state index is 12.1. The molecule has 0 heterocycles. The summed E-state index contributed by atoms with van der Waals surface area (Å²) in [5.74, 6) is 0.821. The lowest BCUT2D eigenvalue weighted by atomic mass is 10.1. The van der Waals surface area contributed by atoms with E-state index in [0.29, 0.717) is 18.6 Å². The van der Waals surface area contributed by atoms with Crippen molar-refractivity contribution in [1.82, 2.24) is 4.90 Å². The molecule has 0 bridgehead atoms. The Labute approximate surface area is 99.1 Å². The Morgan fingerprint density at radius 3 is 2.44 bits per heavy atom. The minimum absolute atomic E-state index is 0.171. The van der Waals surface area contributed by atoms with Crippen molar-refractivity contribution in [1.29, 1.82) is 0 Å². The normalized spacial score (nSPS) is 17.6. The largest absolute Gasteiger partial charge is 0.369 e. The first-order valence-corrected chi connectivity index (χ1v) is 6.48. The summed E-state index contributed by atoms with van der Waals surface area (Å²) in [4.78, 5) is 14.2. The van der Waals surface area contributed by atoms with Gasteiger partial charge in [0.2, 0.25) is 0 Å². The Morgan fingerprint density at radius 2 is 2.00 bits per heavy atom. The minimum atomic E-state index is -0.280. The molecule has 0 aromatic carbocycles. The second-order valence-electron chi connectivity index (χ2n) is 5.04. The first kappa shape index (κ1) is 13.5. The first-order chi connectivity index (χ1) is 7.56. The van der Waals surface area contributed by atoms with Crippen LogP contribution in [0.1, 0.15) is 47.0 Å². The van der Waals surface area contributed by atoms with Crippen molar-refractivity contribution in [3.8, 4) is 0 Å². The average molecular weight is 227 g/mol. The molecule has 1 aliphatic rings. The van der Waals surface area contributed by atoms with E-state index in [2.05, 4.69) is 13.8 Å². The van der Waals surface area contributed by atoms with E-state index in [0.717, 1.165) is 13.0 Å². The standard InChI is InChI=1S/C13H25NO2/c1-5-16-11(4)13(15)14(12-6-7-12)9-8-10(2)3/h10-12H,5-9H2,1-4H3. The summed E-state index contributed by atoms with van der Waals surface area (Å²) in [5.41, 5.74) is 0. The third kappa shape index (κ3) is 4.12. The minimum Gasteiger partial charge on any atom is -0.369 e. The summed E-state index contributed by atoms with van der Waals surface area (Å²) in [5, 5.41) is 0. The number of carbonyl (C=O) groups is 1. The maximum Gasteiger partial charge on any atom is 0.251 e. The third-order valence-electron chi connectivity index (χ3n) is 2.98. The van der Waals surface area contributed by atoms with Crippen molar-refractivity contribution < 1.29 is 9.53 Å². The summed E-state index contributed by atoms with van der Waals surface area (Å²) >= 11 is 0. The Hall–Kier alpha value is -0.570. The van der Waals surface area contributed by atoms with Crippen molar-refractivity contribution in [2.75, 3.05) is 13.2 Å². The second kappa shape index (κ2) is 6.24. The van der Waals surface area contributed by atoms with Crippen LogP contribution in [-0.4, -0.2) is 36.1 Å². The molecule has 0 spiro atoms. The number of rotatable bonds is 7. The Balaban J connectivity index is 2.45. The molecule has 0 N–H and O–H groups in total. The molecule has 0 aromatic rings. The van der Waals surface area contributed by atoms with Gasteiger partial charge in [0.05, 0.1) is 0 Å². The predicted octanol–water partition coefficient (Wildman–Crippen LogP) is 2.45. The van der Waals surface area contributed by atoms with E-state index in [1.54, 1.807) is 0 Å². The Morgan fingerprint density at radius 1 is 1.38 bits per heavy atom. The van der Waals surface area contributed by atoms with Gasteiger partial charge < -0.3 is 9.64 Å². The van der Waals surface area contributed by atoms with Crippen molar-refractivity contribution in [3.05, 3.63) is 0 Å². The van der Waals surface area contributed by atoms with Gasteiger partial charge in [-0.1, -0.05) is 13.8 Å². The lowest BCUT2D eigenvalue weighted by Crippen LogP contribution is -2.41. The zero-order valence-electron chi connectivity index (χ0n) is 11.0. The van der Waals surface area contributed by atoms with Crippen LogP contribution in [0.25, 0.3) is 0 Å². The van der Waals surface area contributed by atoms with Gasteiger partial charge >= 0.3 is 0 Å². The Kier molecular flexibility index (Phi) is 5.26. The summed E-state index contributed by atoms with van der Waals surface area (Å²) in [7, 11) is 0. The van der Waals surface area contributed by atoms with Crippen LogP contribution in [0, 0.1) is 5.92 Å². The molecule has 3 nitrogen and oxygen atoms in total. The van der Waals surface area contributed by atoms with Gasteiger partial charge in [-0.05, 0) is 39.0 Å². The SMILES string of the molecule is CCOC(C)C(=O)N(CCC(C)C)C1CC1. The fraction of sp³-hybridized carbons (Fsp3) is 0.923. The van der Waals surface area contributed by atoms with Gasteiger partial charge in [-0.15, -0.1) is 0 Å². The van der Waals surface area contributed by atoms with E-state index in [1.165, 1.54) is 12.8 Å². The molecule has 1 amide bonds. The highest BCUT2D eigenvalue weighted by Crippen LogP contribution is 2.28. The molecule has 1 saturated carbocycles. The smallest absolute Gasteiger partial charge is 0.251 e. The summed E-state index contributed by atoms with van der Waals surface area (Å²) in [6.07, 6.45) is 3.14. The molecule has 1 unspecified atom stereocenters. The number of ether oxygens (including phenoxy) is 1. The number of hydrogen-bond acceptors (Lipinski definition) is 2. The molecule has 94 valence electrons. The van der Waals surface area contributed by atoms with Gasteiger partial charge in [0, 0.05) is 19.2 Å². The topological polar surface area (TPSA) is 29.5 Å². The highest BCUT2D eigenvalue weighted by molar-refractivity contribution is 5.81. The second-order valence-corrected chi connectivity index (χ2v) is 5.04. The molecular weight excluding hydrogens is 202 g/mol. The highest BCUT2D eigenvalue weighted by atomic mass is 16.5. The average Bonchev–Trinajstić information content (AvgIpc) is 3.01. The molecule has 16 heavy (non-hydrogen) atoms. The van der Waals surface area contributed by atoms with E-state index in [1.807, 2.05) is 18.7 Å². The number of amides is 1. The van der Waals surface area contributed by atoms with Crippen molar-refractivity contribution in [2.24, 2.45) is 5.92 Å². The highest BCUT2D eigenvalue weighted by Gasteiger charge is 2.34. The van der Waals surface area contributed by atoms with Gasteiger partial charge in [0.15, 0.2) is 0 Å². The zero-order chi connectivity index (χ0) is 12.1. The van der Waals surface area contributed by atoms with Crippen LogP contribution >= 0.6 is 0 Å². The van der Waals surface area contributed by atoms with E-state index in [9.17, 15) is 4.79 Å². The summed E-state index contributed by atoms with van der Waals surface area (Å²) in [6.45, 7) is 9.67. The summed E-state index contributed by atoms with van der Waals surface area (Å²) in [6, 6.07) is 0.495. The molecule has 1 aliphatic carbocycles. The van der Waals surface area contributed by atoms with Crippen molar-refractivity contribution >= 4 is 5.91 Å². The van der Waals surface area contributed by atoms with Crippen LogP contribution in [-0.2, 0) is 9.53 Å². The quantitative estimate of drug-likeness (QED) is 0.668. The fourth-order valence-electron chi connectivity index (χ4n) is 1.81. The molecule has 3 heteroatoms. The Bertz CT molecular complexity index is 224. The van der Waals surface area contributed by atoms with Crippen LogP contribution in [0.5, 0.6) is 0 Å². The third-order valence-corrected chi connectivity index (χ3v) is 2.98.